The molecule has 9 heteroatoms. The Labute approximate surface area is 185 Å². The summed E-state index contributed by atoms with van der Waals surface area (Å²) in [6.45, 7) is 0. The Morgan fingerprint density at radius 2 is 1.81 bits per heavy atom. The highest BCUT2D eigenvalue weighted by Crippen LogP contribution is 2.35. The lowest BCUT2D eigenvalue weighted by atomic mass is 10.0. The number of carbonyl (C=O) groups excluding carboxylic acids is 2. The first-order valence-electron chi connectivity index (χ1n) is 10.4. The zero-order chi connectivity index (χ0) is 22.4. The van der Waals surface area contributed by atoms with E-state index in [2.05, 4.69) is 10.6 Å². The van der Waals surface area contributed by atoms with E-state index >= 15 is 0 Å². The number of carbonyl (C=O) groups is 3. The number of aliphatic carboxylic acids is 1. The van der Waals surface area contributed by atoms with Crippen molar-refractivity contribution >= 4 is 34.2 Å². The zero-order valence-corrected chi connectivity index (χ0v) is 18.0. The first-order chi connectivity index (χ1) is 14.8. The Morgan fingerprint density at radius 3 is 2.39 bits per heavy atom. The topological polar surface area (TPSA) is 148 Å². The van der Waals surface area contributed by atoms with Crippen molar-refractivity contribution in [3.8, 4) is 10.4 Å². The molecule has 3 rings (SSSR count). The molecule has 2 aromatic rings. The minimum atomic E-state index is -0.787. The highest BCUT2D eigenvalue weighted by molar-refractivity contribution is 7.20. The highest BCUT2D eigenvalue weighted by atomic mass is 32.1. The number of anilines is 1. The molecular weight excluding hydrogens is 416 g/mol. The van der Waals surface area contributed by atoms with Crippen LogP contribution in [-0.4, -0.2) is 35.1 Å². The summed E-state index contributed by atoms with van der Waals surface area (Å²) in [5.74, 6) is -1.42. The van der Waals surface area contributed by atoms with Crippen molar-refractivity contribution in [2.75, 3.05) is 5.32 Å². The van der Waals surface area contributed by atoms with Gasteiger partial charge in [0.25, 0.3) is 5.91 Å². The number of nitrogens with two attached hydrogens (primary N) is 2. The van der Waals surface area contributed by atoms with E-state index < -0.39 is 23.9 Å². The van der Waals surface area contributed by atoms with Crippen LogP contribution in [0.25, 0.3) is 10.4 Å². The van der Waals surface area contributed by atoms with Crippen LogP contribution < -0.4 is 22.1 Å². The fourth-order valence-corrected chi connectivity index (χ4v) is 4.99. The van der Waals surface area contributed by atoms with E-state index in [0.717, 1.165) is 41.7 Å². The number of aryl methyl sites for hydroxylation is 1. The van der Waals surface area contributed by atoms with Crippen molar-refractivity contribution in [3.63, 3.8) is 0 Å². The summed E-state index contributed by atoms with van der Waals surface area (Å²) < 4.78 is 0. The molecule has 8 nitrogen and oxygen atoms in total. The van der Waals surface area contributed by atoms with Crippen molar-refractivity contribution in [1.29, 1.82) is 0 Å². The van der Waals surface area contributed by atoms with Crippen molar-refractivity contribution in [3.05, 3.63) is 41.5 Å². The van der Waals surface area contributed by atoms with Gasteiger partial charge in [0.05, 0.1) is 5.56 Å². The molecule has 166 valence electrons. The van der Waals surface area contributed by atoms with E-state index in [1.165, 1.54) is 24.2 Å². The maximum atomic E-state index is 11.6. The minimum absolute atomic E-state index is 0.220. The first-order valence-corrected chi connectivity index (χ1v) is 11.2. The smallest absolute Gasteiger partial charge is 0.320 e. The van der Waals surface area contributed by atoms with Crippen LogP contribution in [0.2, 0.25) is 0 Å². The molecule has 1 atom stereocenters. The van der Waals surface area contributed by atoms with Crippen LogP contribution in [0.3, 0.4) is 0 Å². The Hall–Kier alpha value is -2.91. The SMILES string of the molecule is NC(=O)Nc1sc(-c2ccc(CCC[C@H](NC3CCCC3)C(=O)O)cc2)cc1C(N)=O. The third-order valence-corrected chi connectivity index (χ3v) is 6.62. The lowest BCUT2D eigenvalue weighted by Gasteiger charge is -2.19. The normalized spacial score (nSPS) is 15.0. The molecule has 1 fully saturated rings. The Kier molecular flexibility index (Phi) is 7.64. The average Bonchev–Trinajstić information content (AvgIpc) is 3.37. The van der Waals surface area contributed by atoms with E-state index in [9.17, 15) is 19.5 Å². The second kappa shape index (κ2) is 10.4. The number of benzene rings is 1. The number of thiophene rings is 1. The van der Waals surface area contributed by atoms with E-state index in [1.807, 2.05) is 24.3 Å². The second-order valence-electron chi connectivity index (χ2n) is 7.83. The molecule has 1 aromatic carbocycles. The van der Waals surface area contributed by atoms with E-state index in [1.54, 1.807) is 6.07 Å². The first kappa shape index (κ1) is 22.8. The van der Waals surface area contributed by atoms with Gasteiger partial charge < -0.3 is 21.9 Å². The number of nitrogens with one attached hydrogen (secondary N) is 2. The summed E-state index contributed by atoms with van der Waals surface area (Å²) >= 11 is 1.23. The number of urea groups is 1. The van der Waals surface area contributed by atoms with Crippen LogP contribution in [0.1, 0.15) is 54.4 Å². The summed E-state index contributed by atoms with van der Waals surface area (Å²) in [7, 11) is 0. The molecule has 1 aliphatic rings. The molecule has 3 amide bonds. The molecule has 0 unspecified atom stereocenters. The summed E-state index contributed by atoms with van der Waals surface area (Å²) in [5, 5.41) is 15.5. The monoisotopic (exact) mass is 444 g/mol. The molecule has 31 heavy (non-hydrogen) atoms. The third-order valence-electron chi connectivity index (χ3n) is 5.52. The number of hydrogen-bond donors (Lipinski definition) is 5. The van der Waals surface area contributed by atoms with Crippen LogP contribution >= 0.6 is 11.3 Å². The van der Waals surface area contributed by atoms with Gasteiger partial charge in [-0.3, -0.25) is 14.9 Å². The van der Waals surface area contributed by atoms with E-state index in [0.29, 0.717) is 17.5 Å². The summed E-state index contributed by atoms with van der Waals surface area (Å²) in [6, 6.07) is 8.55. The molecular formula is C22H28N4O4S. The van der Waals surface area contributed by atoms with Gasteiger partial charge in [0.1, 0.15) is 11.0 Å². The van der Waals surface area contributed by atoms with Crippen LogP contribution in [0, 0.1) is 0 Å². The van der Waals surface area contributed by atoms with Crippen molar-refractivity contribution in [2.45, 2.75) is 57.0 Å². The second-order valence-corrected chi connectivity index (χ2v) is 8.89. The Bertz CT molecular complexity index is 935. The van der Waals surface area contributed by atoms with Gasteiger partial charge in [-0.15, -0.1) is 11.3 Å². The van der Waals surface area contributed by atoms with Gasteiger partial charge in [0.2, 0.25) is 0 Å². The molecule has 0 bridgehead atoms. The lowest BCUT2D eigenvalue weighted by molar-refractivity contribution is -0.139. The van der Waals surface area contributed by atoms with E-state index in [4.69, 9.17) is 11.5 Å². The van der Waals surface area contributed by atoms with Gasteiger partial charge >= 0.3 is 12.0 Å². The maximum Gasteiger partial charge on any atom is 0.320 e. The fourth-order valence-electron chi connectivity index (χ4n) is 3.92. The Balaban J connectivity index is 1.59. The van der Waals surface area contributed by atoms with Gasteiger partial charge in [-0.2, -0.15) is 0 Å². The third kappa shape index (κ3) is 6.28. The molecule has 1 heterocycles. The van der Waals surface area contributed by atoms with Gasteiger partial charge in [-0.25, -0.2) is 4.79 Å². The summed E-state index contributed by atoms with van der Waals surface area (Å²) in [5.41, 5.74) is 12.8. The number of primary amides is 2. The van der Waals surface area contributed by atoms with Gasteiger partial charge in [-0.05, 0) is 49.3 Å². The molecule has 1 aromatic heterocycles. The number of carboxylic acid groups (broad SMARTS) is 1. The minimum Gasteiger partial charge on any atom is -0.480 e. The van der Waals surface area contributed by atoms with Crippen molar-refractivity contribution in [1.82, 2.24) is 5.32 Å². The van der Waals surface area contributed by atoms with Crippen LogP contribution in [0.5, 0.6) is 0 Å². The van der Waals surface area contributed by atoms with Crippen LogP contribution in [-0.2, 0) is 11.2 Å². The summed E-state index contributed by atoms with van der Waals surface area (Å²) in [4.78, 5) is 35.1. The predicted octanol–water partition coefficient (Wildman–Crippen LogP) is 3.31. The van der Waals surface area contributed by atoms with Gasteiger partial charge in [0, 0.05) is 10.9 Å². The standard InChI is InChI=1S/C22H28N4O4S/c23-19(27)16-12-18(31-20(16)26-22(24)30)14-10-8-13(9-11-14)4-3-7-17(21(28)29)25-15-5-1-2-6-15/h8-12,15,17,25H,1-7H2,(H2,23,27)(H,28,29)(H3,24,26,30)/t17-/m0/s1. The van der Waals surface area contributed by atoms with Crippen LogP contribution in [0.4, 0.5) is 9.80 Å². The molecule has 7 N–H and O–H groups in total. The number of rotatable bonds is 10. The van der Waals surface area contributed by atoms with Gasteiger partial charge in [0.15, 0.2) is 0 Å². The summed E-state index contributed by atoms with van der Waals surface area (Å²) in [6.07, 6.45) is 6.59. The molecule has 1 aliphatic carbocycles. The maximum absolute atomic E-state index is 11.6. The van der Waals surface area contributed by atoms with E-state index in [-0.39, 0.29) is 5.56 Å². The average molecular weight is 445 g/mol. The molecule has 0 radical (unpaired) electrons. The zero-order valence-electron chi connectivity index (χ0n) is 17.2. The number of carboxylic acids is 1. The van der Waals surface area contributed by atoms with Crippen molar-refractivity contribution < 1.29 is 19.5 Å². The molecule has 0 spiro atoms. The number of hydrogen-bond acceptors (Lipinski definition) is 5. The van der Waals surface area contributed by atoms with Gasteiger partial charge in [-0.1, -0.05) is 37.1 Å². The quantitative estimate of drug-likeness (QED) is 0.381. The predicted molar refractivity (Wildman–Crippen MR) is 121 cm³/mol. The molecule has 0 saturated heterocycles. The molecule has 1 saturated carbocycles. The largest absolute Gasteiger partial charge is 0.480 e. The number of amides is 3. The Morgan fingerprint density at radius 1 is 1.13 bits per heavy atom. The van der Waals surface area contributed by atoms with Crippen LogP contribution in [0.15, 0.2) is 30.3 Å². The molecule has 0 aliphatic heterocycles. The lowest BCUT2D eigenvalue weighted by Crippen LogP contribution is -2.42. The fraction of sp³-hybridized carbons (Fsp3) is 0.409. The highest BCUT2D eigenvalue weighted by Gasteiger charge is 2.23. The van der Waals surface area contributed by atoms with Crippen molar-refractivity contribution in [2.24, 2.45) is 11.5 Å².